The lowest BCUT2D eigenvalue weighted by Gasteiger charge is -2.14. The maximum absolute atomic E-state index is 14.3. The zero-order valence-corrected chi connectivity index (χ0v) is 13.6. The summed E-state index contributed by atoms with van der Waals surface area (Å²) in [6.07, 6.45) is 1.35. The summed E-state index contributed by atoms with van der Waals surface area (Å²) < 4.78 is 19.1. The highest BCUT2D eigenvalue weighted by Gasteiger charge is 2.23. The molecule has 1 heterocycles. The van der Waals surface area contributed by atoms with Crippen molar-refractivity contribution < 1.29 is 9.13 Å². The van der Waals surface area contributed by atoms with Crippen LogP contribution < -0.4 is 4.74 Å². The topological polar surface area (TPSA) is 22.1 Å². The quantitative estimate of drug-likeness (QED) is 0.463. The molecule has 0 saturated carbocycles. The molecule has 0 atom stereocenters. The molecule has 0 fully saturated rings. The van der Waals surface area contributed by atoms with Crippen molar-refractivity contribution in [2.24, 2.45) is 0 Å². The van der Waals surface area contributed by atoms with Gasteiger partial charge in [0.1, 0.15) is 0 Å². The van der Waals surface area contributed by atoms with Crippen LogP contribution in [0.1, 0.15) is 0 Å². The first-order chi connectivity index (χ1) is 9.40. The number of hydrogen-bond acceptors (Lipinski definition) is 2. The summed E-state index contributed by atoms with van der Waals surface area (Å²) in [5, 5.41) is -0.00854. The van der Waals surface area contributed by atoms with Gasteiger partial charge in [-0.2, -0.15) is 0 Å². The van der Waals surface area contributed by atoms with E-state index in [9.17, 15) is 4.39 Å². The second-order valence-electron chi connectivity index (χ2n) is 3.63. The van der Waals surface area contributed by atoms with Gasteiger partial charge in [-0.25, -0.2) is 9.37 Å². The van der Waals surface area contributed by atoms with Crippen LogP contribution in [0.25, 0.3) is 11.1 Å². The number of rotatable bonds is 2. The Balaban J connectivity index is 2.84. The van der Waals surface area contributed by atoms with Crippen LogP contribution in [0.5, 0.6) is 5.88 Å². The maximum atomic E-state index is 14.3. The van der Waals surface area contributed by atoms with E-state index in [-0.39, 0.29) is 42.1 Å². The predicted octanol–water partition coefficient (Wildman–Crippen LogP) is 6.16. The minimum atomic E-state index is -0.728. The highest BCUT2D eigenvalue weighted by molar-refractivity contribution is 6.56. The van der Waals surface area contributed by atoms with Gasteiger partial charge >= 0.3 is 0 Å². The van der Waals surface area contributed by atoms with E-state index in [0.29, 0.717) is 0 Å². The van der Waals surface area contributed by atoms with E-state index in [1.54, 1.807) is 0 Å². The van der Waals surface area contributed by atoms with Crippen molar-refractivity contribution in [3.63, 3.8) is 0 Å². The van der Waals surface area contributed by atoms with Crippen LogP contribution in [0.3, 0.4) is 0 Å². The minimum absolute atomic E-state index is 0.00165. The number of methoxy groups -OCH3 is 1. The summed E-state index contributed by atoms with van der Waals surface area (Å²) in [7, 11) is 1.29. The number of halogens is 6. The molecule has 2 nitrogen and oxygen atoms in total. The van der Waals surface area contributed by atoms with E-state index in [1.165, 1.54) is 19.4 Å². The molecule has 0 aliphatic carbocycles. The number of nitrogens with zero attached hydrogens (tertiary/aromatic N) is 1. The number of aromatic nitrogens is 1. The SMILES string of the molecule is COc1nccc(-c2c(Cl)c(Cl)c(Cl)c(Cl)c2Cl)c1F. The summed E-state index contributed by atoms with van der Waals surface area (Å²) >= 11 is 30.0. The monoisotopic (exact) mass is 373 g/mol. The third-order valence-electron chi connectivity index (χ3n) is 2.53. The molecule has 0 N–H and O–H groups in total. The fourth-order valence-corrected chi connectivity index (χ4v) is 2.94. The van der Waals surface area contributed by atoms with E-state index in [2.05, 4.69) is 4.98 Å². The van der Waals surface area contributed by atoms with Crippen LogP contribution in [0.4, 0.5) is 4.39 Å². The van der Waals surface area contributed by atoms with Crippen molar-refractivity contribution in [3.05, 3.63) is 43.2 Å². The second kappa shape index (κ2) is 6.12. The Bertz CT molecular complexity index is 663. The third-order valence-corrected chi connectivity index (χ3v) is 4.81. The van der Waals surface area contributed by atoms with Crippen molar-refractivity contribution >= 4 is 58.0 Å². The first-order valence-corrected chi connectivity index (χ1v) is 6.99. The molecular weight excluding hydrogens is 370 g/mol. The molecular formula is C12H5Cl5FNO. The summed E-state index contributed by atoms with van der Waals surface area (Å²) in [4.78, 5) is 3.73. The van der Waals surface area contributed by atoms with Gasteiger partial charge in [0.05, 0.1) is 32.2 Å². The number of ether oxygens (including phenoxy) is 1. The van der Waals surface area contributed by atoms with Crippen molar-refractivity contribution in [2.45, 2.75) is 0 Å². The van der Waals surface area contributed by atoms with Crippen LogP contribution in [0.15, 0.2) is 12.3 Å². The third kappa shape index (κ3) is 2.53. The fourth-order valence-electron chi connectivity index (χ4n) is 1.60. The molecule has 2 aromatic rings. The van der Waals surface area contributed by atoms with Crippen LogP contribution in [-0.2, 0) is 0 Å². The van der Waals surface area contributed by atoms with Gasteiger partial charge in [0.15, 0.2) is 5.82 Å². The molecule has 0 radical (unpaired) electrons. The first kappa shape index (κ1) is 15.9. The molecule has 20 heavy (non-hydrogen) atoms. The summed E-state index contributed by atoms with van der Waals surface area (Å²) in [6.45, 7) is 0. The summed E-state index contributed by atoms with van der Waals surface area (Å²) in [6, 6.07) is 1.38. The van der Waals surface area contributed by atoms with Gasteiger partial charge in [0.2, 0.25) is 0 Å². The van der Waals surface area contributed by atoms with Gasteiger partial charge in [-0.15, -0.1) is 0 Å². The molecule has 0 bridgehead atoms. The van der Waals surface area contributed by atoms with E-state index >= 15 is 0 Å². The standard InChI is InChI=1S/C12H5Cl5FNO/c1-20-12-11(18)4(2-3-19-12)5-6(13)8(15)10(17)9(16)7(5)14/h2-3H,1H3. The smallest absolute Gasteiger partial charge is 0.250 e. The molecule has 1 aromatic heterocycles. The van der Waals surface area contributed by atoms with Gasteiger partial charge in [-0.1, -0.05) is 58.0 Å². The van der Waals surface area contributed by atoms with Gasteiger partial charge in [-0.05, 0) is 6.07 Å². The maximum Gasteiger partial charge on any atom is 0.250 e. The van der Waals surface area contributed by atoms with E-state index in [4.69, 9.17) is 62.7 Å². The normalized spacial score (nSPS) is 10.8. The Labute approximate surface area is 139 Å². The van der Waals surface area contributed by atoms with E-state index in [1.807, 2.05) is 0 Å². The molecule has 0 aliphatic heterocycles. The number of hydrogen-bond donors (Lipinski definition) is 0. The summed E-state index contributed by atoms with van der Waals surface area (Å²) in [5.41, 5.74) is 0.193. The van der Waals surface area contributed by atoms with Gasteiger partial charge in [-0.3, -0.25) is 0 Å². The lowest BCUT2D eigenvalue weighted by atomic mass is 10.1. The average molecular weight is 375 g/mol. The zero-order valence-electron chi connectivity index (χ0n) is 9.78. The lowest BCUT2D eigenvalue weighted by molar-refractivity contribution is 0.370. The molecule has 1 aromatic carbocycles. The Morgan fingerprint density at radius 2 is 1.45 bits per heavy atom. The molecule has 106 valence electrons. The Hall–Kier alpha value is -0.450. The van der Waals surface area contributed by atoms with Gasteiger partial charge < -0.3 is 4.74 Å². The van der Waals surface area contributed by atoms with Crippen molar-refractivity contribution in [1.29, 1.82) is 0 Å². The Morgan fingerprint density at radius 3 is 1.95 bits per heavy atom. The van der Waals surface area contributed by atoms with Crippen molar-refractivity contribution in [1.82, 2.24) is 4.98 Å². The average Bonchev–Trinajstić information content (AvgIpc) is 2.45. The van der Waals surface area contributed by atoms with Crippen LogP contribution >= 0.6 is 58.0 Å². The zero-order chi connectivity index (χ0) is 15.0. The van der Waals surface area contributed by atoms with Crippen LogP contribution in [0.2, 0.25) is 25.1 Å². The van der Waals surface area contributed by atoms with E-state index < -0.39 is 5.82 Å². The van der Waals surface area contributed by atoms with Crippen molar-refractivity contribution in [3.8, 4) is 17.0 Å². The molecule has 0 spiro atoms. The Morgan fingerprint density at radius 1 is 0.950 bits per heavy atom. The Kier molecular flexibility index (Phi) is 4.88. The second-order valence-corrected chi connectivity index (χ2v) is 5.52. The highest BCUT2D eigenvalue weighted by Crippen LogP contribution is 2.49. The molecule has 2 rings (SSSR count). The highest BCUT2D eigenvalue weighted by atomic mass is 35.5. The predicted molar refractivity (Wildman–Crippen MR) is 81.2 cm³/mol. The summed E-state index contributed by atoms with van der Waals surface area (Å²) in [5.74, 6) is -0.926. The number of pyridine rings is 1. The number of benzene rings is 1. The molecule has 8 heteroatoms. The van der Waals surface area contributed by atoms with Gasteiger partial charge in [0, 0.05) is 17.3 Å². The van der Waals surface area contributed by atoms with Crippen molar-refractivity contribution in [2.75, 3.05) is 7.11 Å². The molecule has 0 amide bonds. The largest absolute Gasteiger partial charge is 0.479 e. The minimum Gasteiger partial charge on any atom is -0.479 e. The molecule has 0 unspecified atom stereocenters. The van der Waals surface area contributed by atoms with Crippen LogP contribution in [0, 0.1) is 5.82 Å². The fraction of sp³-hybridized carbons (Fsp3) is 0.0833. The molecule has 0 saturated heterocycles. The lowest BCUT2D eigenvalue weighted by Crippen LogP contribution is -1.96. The van der Waals surface area contributed by atoms with Crippen LogP contribution in [-0.4, -0.2) is 12.1 Å². The van der Waals surface area contributed by atoms with Gasteiger partial charge in [0.25, 0.3) is 5.88 Å². The first-order valence-electron chi connectivity index (χ1n) is 5.10. The van der Waals surface area contributed by atoms with E-state index in [0.717, 1.165) is 0 Å². The molecule has 0 aliphatic rings.